The first-order valence-corrected chi connectivity index (χ1v) is 9.86. The summed E-state index contributed by atoms with van der Waals surface area (Å²) in [4.78, 5) is 12.2. The molecule has 2 atom stereocenters. The van der Waals surface area contributed by atoms with Crippen molar-refractivity contribution in [3.63, 3.8) is 0 Å². The Hall–Kier alpha value is -2.84. The highest BCUT2D eigenvalue weighted by Crippen LogP contribution is 2.28. The van der Waals surface area contributed by atoms with Gasteiger partial charge in [-0.15, -0.1) is 0 Å². The van der Waals surface area contributed by atoms with Crippen molar-refractivity contribution in [1.29, 1.82) is 5.26 Å². The van der Waals surface area contributed by atoms with Crippen LogP contribution in [0.1, 0.15) is 43.9 Å². The molecule has 29 heavy (non-hydrogen) atoms. The standard InChI is InChI=1S/C24H27NO4/c1-24(2,3)29-23(26)13-20(22-16-28-22)12-17-7-9-21(10-8-17)27-15-19-6-4-5-18(11-19)14-25/h4-11,20,22H,12-13,15-16H2,1-3H3. The molecule has 1 saturated heterocycles. The van der Waals surface area contributed by atoms with Crippen molar-refractivity contribution in [3.05, 3.63) is 65.2 Å². The van der Waals surface area contributed by atoms with Crippen molar-refractivity contribution in [2.24, 2.45) is 5.92 Å². The minimum absolute atomic E-state index is 0.116. The van der Waals surface area contributed by atoms with Gasteiger partial charge in [-0.1, -0.05) is 24.3 Å². The van der Waals surface area contributed by atoms with E-state index in [1.54, 1.807) is 6.07 Å². The third-order valence-electron chi connectivity index (χ3n) is 4.62. The van der Waals surface area contributed by atoms with Gasteiger partial charge in [-0.25, -0.2) is 0 Å². The molecule has 2 aromatic carbocycles. The number of nitriles is 1. The highest BCUT2D eigenvalue weighted by molar-refractivity contribution is 5.70. The molecular formula is C24H27NO4. The lowest BCUT2D eigenvalue weighted by Gasteiger charge is -2.21. The molecule has 1 heterocycles. The third kappa shape index (κ3) is 6.92. The molecule has 5 nitrogen and oxygen atoms in total. The number of benzene rings is 2. The molecule has 5 heteroatoms. The first-order valence-electron chi connectivity index (χ1n) is 9.86. The van der Waals surface area contributed by atoms with Crippen LogP contribution in [0.15, 0.2) is 48.5 Å². The Morgan fingerprint density at radius 1 is 1.21 bits per heavy atom. The molecule has 0 bridgehead atoms. The van der Waals surface area contributed by atoms with Crippen LogP contribution in [0.4, 0.5) is 0 Å². The van der Waals surface area contributed by atoms with Gasteiger partial charge in [0.05, 0.1) is 30.8 Å². The summed E-state index contributed by atoms with van der Waals surface area (Å²) >= 11 is 0. The predicted molar refractivity (Wildman–Crippen MR) is 109 cm³/mol. The quantitative estimate of drug-likeness (QED) is 0.490. The van der Waals surface area contributed by atoms with Gasteiger partial charge in [0.15, 0.2) is 0 Å². The summed E-state index contributed by atoms with van der Waals surface area (Å²) in [6.45, 7) is 6.75. The lowest BCUT2D eigenvalue weighted by molar-refractivity contribution is -0.156. The first-order chi connectivity index (χ1) is 13.8. The van der Waals surface area contributed by atoms with Gasteiger partial charge < -0.3 is 14.2 Å². The second kappa shape index (κ2) is 9.11. The van der Waals surface area contributed by atoms with E-state index in [2.05, 4.69) is 6.07 Å². The van der Waals surface area contributed by atoms with Gasteiger partial charge in [-0.2, -0.15) is 5.26 Å². The van der Waals surface area contributed by atoms with Crippen LogP contribution in [0, 0.1) is 17.2 Å². The molecule has 0 aromatic heterocycles. The smallest absolute Gasteiger partial charge is 0.306 e. The van der Waals surface area contributed by atoms with Crippen LogP contribution in [0.3, 0.4) is 0 Å². The molecule has 1 fully saturated rings. The zero-order chi connectivity index (χ0) is 20.9. The molecule has 1 aliphatic rings. The Bertz CT molecular complexity index is 873. The van der Waals surface area contributed by atoms with Crippen LogP contribution in [0.5, 0.6) is 5.75 Å². The van der Waals surface area contributed by atoms with Crippen LogP contribution >= 0.6 is 0 Å². The van der Waals surface area contributed by atoms with Crippen molar-refractivity contribution in [1.82, 2.24) is 0 Å². The van der Waals surface area contributed by atoms with E-state index >= 15 is 0 Å². The molecule has 0 N–H and O–H groups in total. The fraction of sp³-hybridized carbons (Fsp3) is 0.417. The Labute approximate surface area is 172 Å². The van der Waals surface area contributed by atoms with Crippen molar-refractivity contribution in [2.75, 3.05) is 6.61 Å². The van der Waals surface area contributed by atoms with Crippen molar-refractivity contribution in [3.8, 4) is 11.8 Å². The van der Waals surface area contributed by atoms with Gasteiger partial charge in [0, 0.05) is 5.92 Å². The zero-order valence-corrected chi connectivity index (χ0v) is 17.2. The molecule has 152 valence electrons. The summed E-state index contributed by atoms with van der Waals surface area (Å²) in [7, 11) is 0. The van der Waals surface area contributed by atoms with E-state index in [1.165, 1.54) is 0 Å². The van der Waals surface area contributed by atoms with Gasteiger partial charge >= 0.3 is 5.97 Å². The fourth-order valence-corrected chi connectivity index (χ4v) is 3.18. The Kier molecular flexibility index (Phi) is 6.56. The van der Waals surface area contributed by atoms with Crippen LogP contribution < -0.4 is 4.74 Å². The maximum Gasteiger partial charge on any atom is 0.306 e. The summed E-state index contributed by atoms with van der Waals surface area (Å²) in [5.74, 6) is 0.699. The maximum atomic E-state index is 12.2. The van der Waals surface area contributed by atoms with Gasteiger partial charge in [0.2, 0.25) is 0 Å². The Balaban J connectivity index is 1.54. The van der Waals surface area contributed by atoms with E-state index in [-0.39, 0.29) is 18.0 Å². The third-order valence-corrected chi connectivity index (χ3v) is 4.62. The minimum Gasteiger partial charge on any atom is -0.489 e. The lowest BCUT2D eigenvalue weighted by Crippen LogP contribution is -2.27. The highest BCUT2D eigenvalue weighted by Gasteiger charge is 2.35. The number of esters is 1. The number of rotatable bonds is 8. The van der Waals surface area contributed by atoms with Crippen molar-refractivity contribution < 1.29 is 19.0 Å². The van der Waals surface area contributed by atoms with Gasteiger partial charge in [0.25, 0.3) is 0 Å². The number of hydrogen-bond donors (Lipinski definition) is 0. The number of hydrogen-bond acceptors (Lipinski definition) is 5. The van der Waals surface area contributed by atoms with Crippen LogP contribution in [0.25, 0.3) is 0 Å². The van der Waals surface area contributed by atoms with Crippen LogP contribution in [-0.4, -0.2) is 24.3 Å². The Morgan fingerprint density at radius 3 is 2.55 bits per heavy atom. The summed E-state index contributed by atoms with van der Waals surface area (Å²) in [5.41, 5.74) is 2.24. The molecule has 0 radical (unpaired) electrons. The molecule has 3 rings (SSSR count). The van der Waals surface area contributed by atoms with E-state index in [1.807, 2.05) is 63.2 Å². The largest absolute Gasteiger partial charge is 0.489 e. The second-order valence-corrected chi connectivity index (χ2v) is 8.37. The van der Waals surface area contributed by atoms with E-state index in [4.69, 9.17) is 19.5 Å². The topological polar surface area (TPSA) is 71.8 Å². The molecule has 0 spiro atoms. The predicted octanol–water partition coefficient (Wildman–Crippen LogP) is 4.43. The first kappa shape index (κ1) is 20.9. The monoisotopic (exact) mass is 393 g/mol. The number of carbonyl (C=O) groups is 1. The second-order valence-electron chi connectivity index (χ2n) is 8.37. The number of nitrogens with zero attached hydrogens (tertiary/aromatic N) is 1. The molecule has 2 unspecified atom stereocenters. The van der Waals surface area contributed by atoms with E-state index in [0.717, 1.165) is 23.3 Å². The molecule has 1 aliphatic heterocycles. The minimum atomic E-state index is -0.474. The molecule has 0 aliphatic carbocycles. The fourth-order valence-electron chi connectivity index (χ4n) is 3.18. The molecule has 0 saturated carbocycles. The molecule has 0 amide bonds. The number of ether oxygens (including phenoxy) is 3. The summed E-state index contributed by atoms with van der Waals surface area (Å²) < 4.78 is 16.7. The lowest BCUT2D eigenvalue weighted by atomic mass is 9.93. The van der Waals surface area contributed by atoms with Gasteiger partial charge in [-0.05, 0) is 62.6 Å². The van der Waals surface area contributed by atoms with E-state index in [9.17, 15) is 4.79 Å². The summed E-state index contributed by atoms with van der Waals surface area (Å²) in [6, 6.07) is 17.4. The zero-order valence-electron chi connectivity index (χ0n) is 17.2. The maximum absolute atomic E-state index is 12.2. The normalized spacial score (nSPS) is 16.6. The molecular weight excluding hydrogens is 366 g/mol. The van der Waals surface area contributed by atoms with Gasteiger partial charge in [0.1, 0.15) is 18.0 Å². The summed E-state index contributed by atoms with van der Waals surface area (Å²) in [6.07, 6.45) is 1.25. The number of epoxide rings is 1. The summed E-state index contributed by atoms with van der Waals surface area (Å²) in [5, 5.41) is 8.97. The average molecular weight is 393 g/mol. The van der Waals surface area contributed by atoms with Gasteiger partial charge in [-0.3, -0.25) is 4.79 Å². The van der Waals surface area contributed by atoms with Crippen LogP contribution in [-0.2, 0) is 27.3 Å². The number of carbonyl (C=O) groups excluding carboxylic acids is 1. The van der Waals surface area contributed by atoms with E-state index in [0.29, 0.717) is 25.2 Å². The van der Waals surface area contributed by atoms with Crippen molar-refractivity contribution >= 4 is 5.97 Å². The van der Waals surface area contributed by atoms with Crippen molar-refractivity contribution in [2.45, 2.75) is 51.9 Å². The molecule has 2 aromatic rings. The van der Waals surface area contributed by atoms with Crippen LogP contribution in [0.2, 0.25) is 0 Å². The highest BCUT2D eigenvalue weighted by atomic mass is 16.6. The SMILES string of the molecule is CC(C)(C)OC(=O)CC(Cc1ccc(OCc2cccc(C#N)c2)cc1)C1CO1. The Morgan fingerprint density at radius 2 is 1.93 bits per heavy atom. The average Bonchev–Trinajstić information content (AvgIpc) is 3.51. The van der Waals surface area contributed by atoms with E-state index < -0.39 is 5.60 Å².